The van der Waals surface area contributed by atoms with Crippen molar-refractivity contribution in [2.45, 2.75) is 38.1 Å². The Bertz CT molecular complexity index is 148. The van der Waals surface area contributed by atoms with Gasteiger partial charge in [-0.05, 0) is 19.9 Å². The molecule has 0 bridgehead atoms. The molecule has 0 aromatic carbocycles. The fraction of sp³-hybridized carbons (Fsp3) is 0.818. The molecule has 1 aliphatic carbocycles. The van der Waals surface area contributed by atoms with E-state index >= 15 is 0 Å². The lowest BCUT2D eigenvalue weighted by atomic mass is 9.94. The molecule has 0 aromatic rings. The molecule has 1 aliphatic rings. The monoisotopic (exact) mass is 182 g/mol. The van der Waals surface area contributed by atoms with E-state index in [1.54, 1.807) is 0 Å². The van der Waals surface area contributed by atoms with Crippen LogP contribution in [0.4, 0.5) is 0 Å². The van der Waals surface area contributed by atoms with Crippen LogP contribution in [0.2, 0.25) is 0 Å². The van der Waals surface area contributed by atoms with Gasteiger partial charge in [0, 0.05) is 19.1 Å². The van der Waals surface area contributed by atoms with E-state index in [-0.39, 0.29) is 0 Å². The molecule has 76 valence electrons. The van der Waals surface area contributed by atoms with Gasteiger partial charge in [-0.15, -0.1) is 0 Å². The smallest absolute Gasteiger partial charge is 0.0163 e. The van der Waals surface area contributed by atoms with Gasteiger partial charge >= 0.3 is 0 Å². The van der Waals surface area contributed by atoms with E-state index in [0.29, 0.717) is 6.54 Å². The number of nitrogens with zero attached hydrogens (tertiary/aromatic N) is 1. The van der Waals surface area contributed by atoms with Crippen LogP contribution in [0.15, 0.2) is 12.2 Å². The lowest BCUT2D eigenvalue weighted by Gasteiger charge is -2.30. The summed E-state index contributed by atoms with van der Waals surface area (Å²) in [4.78, 5) is 2.45. The highest BCUT2D eigenvalue weighted by Gasteiger charge is 2.16. The van der Waals surface area contributed by atoms with Crippen molar-refractivity contribution >= 4 is 0 Å². The second-order valence-corrected chi connectivity index (χ2v) is 3.94. The van der Waals surface area contributed by atoms with Crippen molar-refractivity contribution in [1.82, 2.24) is 4.90 Å². The zero-order valence-corrected chi connectivity index (χ0v) is 8.71. The Morgan fingerprint density at radius 3 is 2.54 bits per heavy atom. The summed E-state index contributed by atoms with van der Waals surface area (Å²) < 4.78 is 0. The highest BCUT2D eigenvalue weighted by molar-refractivity contribution is 4.87. The number of nitrogens with two attached hydrogens (primary N) is 1. The fourth-order valence-electron chi connectivity index (χ4n) is 2.01. The van der Waals surface area contributed by atoms with E-state index in [0.717, 1.165) is 12.6 Å². The minimum Gasteiger partial charge on any atom is -0.327 e. The zero-order valence-electron chi connectivity index (χ0n) is 8.71. The molecule has 1 fully saturated rings. The van der Waals surface area contributed by atoms with E-state index in [1.165, 1.54) is 32.1 Å². The molecular formula is C11H22N2. The molecule has 1 rings (SSSR count). The van der Waals surface area contributed by atoms with Gasteiger partial charge in [0.15, 0.2) is 0 Å². The van der Waals surface area contributed by atoms with Gasteiger partial charge < -0.3 is 5.73 Å². The lowest BCUT2D eigenvalue weighted by Crippen LogP contribution is -2.33. The van der Waals surface area contributed by atoms with Crippen molar-refractivity contribution in [2.75, 3.05) is 20.1 Å². The number of hydrogen-bond donors (Lipinski definition) is 1. The summed E-state index contributed by atoms with van der Waals surface area (Å²) in [5, 5.41) is 0. The van der Waals surface area contributed by atoms with Crippen LogP contribution in [0.25, 0.3) is 0 Å². The van der Waals surface area contributed by atoms with Crippen molar-refractivity contribution < 1.29 is 0 Å². The average Bonchev–Trinajstić information content (AvgIpc) is 2.19. The van der Waals surface area contributed by atoms with E-state index in [1.807, 2.05) is 6.08 Å². The molecule has 0 radical (unpaired) electrons. The largest absolute Gasteiger partial charge is 0.327 e. The van der Waals surface area contributed by atoms with Crippen LogP contribution < -0.4 is 5.73 Å². The Morgan fingerprint density at radius 1 is 1.23 bits per heavy atom. The van der Waals surface area contributed by atoms with Gasteiger partial charge in [-0.1, -0.05) is 31.4 Å². The van der Waals surface area contributed by atoms with Gasteiger partial charge in [0.2, 0.25) is 0 Å². The highest BCUT2D eigenvalue weighted by atomic mass is 15.1. The molecule has 2 heteroatoms. The van der Waals surface area contributed by atoms with Gasteiger partial charge in [0.25, 0.3) is 0 Å². The molecule has 1 saturated carbocycles. The standard InChI is InChI=1S/C11H22N2/c1-13(10-6-5-9-12)11-7-3-2-4-8-11/h5-6,11H,2-4,7-10,12H2,1H3. The first-order chi connectivity index (χ1) is 6.34. The summed E-state index contributed by atoms with van der Waals surface area (Å²) in [6, 6.07) is 0.816. The maximum Gasteiger partial charge on any atom is 0.0163 e. The predicted molar refractivity (Wildman–Crippen MR) is 57.7 cm³/mol. The minimum atomic E-state index is 0.665. The molecule has 0 aliphatic heterocycles. The third-order valence-corrected chi connectivity index (χ3v) is 2.89. The molecule has 0 aromatic heterocycles. The molecule has 13 heavy (non-hydrogen) atoms. The van der Waals surface area contributed by atoms with Gasteiger partial charge in [-0.2, -0.15) is 0 Å². The van der Waals surface area contributed by atoms with Gasteiger partial charge in [0.1, 0.15) is 0 Å². The molecule has 0 heterocycles. The van der Waals surface area contributed by atoms with Crippen LogP contribution in [-0.2, 0) is 0 Å². The second-order valence-electron chi connectivity index (χ2n) is 3.94. The SMILES string of the molecule is CN(CC=CCN)C1CCCCC1. The maximum absolute atomic E-state index is 5.39. The molecule has 0 unspecified atom stereocenters. The summed E-state index contributed by atoms with van der Waals surface area (Å²) in [6.07, 6.45) is 11.2. The third kappa shape index (κ3) is 3.92. The molecular weight excluding hydrogens is 160 g/mol. The Hall–Kier alpha value is -0.340. The van der Waals surface area contributed by atoms with Gasteiger partial charge in [0.05, 0.1) is 0 Å². The van der Waals surface area contributed by atoms with Crippen molar-refractivity contribution in [1.29, 1.82) is 0 Å². The summed E-state index contributed by atoms with van der Waals surface area (Å²) in [6.45, 7) is 1.72. The fourth-order valence-corrected chi connectivity index (χ4v) is 2.01. The third-order valence-electron chi connectivity index (χ3n) is 2.89. The lowest BCUT2D eigenvalue weighted by molar-refractivity contribution is 0.209. The topological polar surface area (TPSA) is 29.3 Å². The first-order valence-corrected chi connectivity index (χ1v) is 5.40. The van der Waals surface area contributed by atoms with E-state index < -0.39 is 0 Å². The molecule has 0 spiro atoms. The van der Waals surface area contributed by atoms with Gasteiger partial charge in [-0.25, -0.2) is 0 Å². The van der Waals surface area contributed by atoms with Crippen LogP contribution in [0.5, 0.6) is 0 Å². The molecule has 0 saturated heterocycles. The second kappa shape index (κ2) is 6.17. The van der Waals surface area contributed by atoms with Crippen LogP contribution in [0, 0.1) is 0 Å². The summed E-state index contributed by atoms with van der Waals surface area (Å²) in [5.41, 5.74) is 5.39. The zero-order chi connectivity index (χ0) is 9.52. The van der Waals surface area contributed by atoms with Crippen LogP contribution in [-0.4, -0.2) is 31.1 Å². The average molecular weight is 182 g/mol. The van der Waals surface area contributed by atoms with Crippen molar-refractivity contribution in [3.8, 4) is 0 Å². The molecule has 0 amide bonds. The quantitative estimate of drug-likeness (QED) is 0.671. The maximum atomic E-state index is 5.39. The minimum absolute atomic E-state index is 0.665. The first kappa shape index (κ1) is 10.7. The summed E-state index contributed by atoms with van der Waals surface area (Å²) in [7, 11) is 2.22. The first-order valence-electron chi connectivity index (χ1n) is 5.40. The highest BCUT2D eigenvalue weighted by Crippen LogP contribution is 2.21. The van der Waals surface area contributed by atoms with Gasteiger partial charge in [-0.3, -0.25) is 4.90 Å². The number of hydrogen-bond acceptors (Lipinski definition) is 2. The van der Waals surface area contributed by atoms with Crippen molar-refractivity contribution in [2.24, 2.45) is 5.73 Å². The van der Waals surface area contributed by atoms with E-state index in [9.17, 15) is 0 Å². The van der Waals surface area contributed by atoms with Crippen LogP contribution >= 0.6 is 0 Å². The van der Waals surface area contributed by atoms with E-state index in [4.69, 9.17) is 5.73 Å². The van der Waals surface area contributed by atoms with Crippen LogP contribution in [0.3, 0.4) is 0 Å². The normalized spacial score (nSPS) is 20.2. The van der Waals surface area contributed by atoms with E-state index in [2.05, 4.69) is 18.0 Å². The summed E-state index contributed by atoms with van der Waals surface area (Å²) >= 11 is 0. The Balaban J connectivity index is 2.20. The predicted octanol–water partition coefficient (Wildman–Crippen LogP) is 1.77. The Morgan fingerprint density at radius 2 is 1.92 bits per heavy atom. The van der Waals surface area contributed by atoms with Crippen molar-refractivity contribution in [3.63, 3.8) is 0 Å². The molecule has 2 N–H and O–H groups in total. The number of rotatable bonds is 4. The van der Waals surface area contributed by atoms with Crippen molar-refractivity contribution in [3.05, 3.63) is 12.2 Å². The molecule has 0 atom stereocenters. The summed E-state index contributed by atoms with van der Waals surface area (Å²) in [5.74, 6) is 0. The number of likely N-dealkylation sites (N-methyl/N-ethyl adjacent to an activating group) is 1. The Kier molecular flexibility index (Phi) is 5.09. The molecule has 2 nitrogen and oxygen atoms in total. The Labute approximate surface area is 81.8 Å². The van der Waals surface area contributed by atoms with Crippen LogP contribution in [0.1, 0.15) is 32.1 Å².